The predicted octanol–water partition coefficient (Wildman–Crippen LogP) is 2.21. The third-order valence-corrected chi connectivity index (χ3v) is 3.33. The van der Waals surface area contributed by atoms with E-state index in [4.69, 9.17) is 5.11 Å². The van der Waals surface area contributed by atoms with Gasteiger partial charge >= 0.3 is 5.97 Å². The maximum absolute atomic E-state index is 10.9. The minimum Gasteiger partial charge on any atom is -0.481 e. The molecular formula is C16H26N2O2. The summed E-state index contributed by atoms with van der Waals surface area (Å²) < 4.78 is 0. The van der Waals surface area contributed by atoms with Crippen LogP contribution >= 0.6 is 0 Å². The van der Waals surface area contributed by atoms with E-state index >= 15 is 0 Å². The first-order valence-corrected chi connectivity index (χ1v) is 7.08. The van der Waals surface area contributed by atoms with Gasteiger partial charge in [-0.2, -0.15) is 0 Å². The average Bonchev–Trinajstić information content (AvgIpc) is 2.39. The number of benzene rings is 1. The lowest BCUT2D eigenvalue weighted by Crippen LogP contribution is -2.37. The summed E-state index contributed by atoms with van der Waals surface area (Å²) in [7, 11) is 2.11. The fraction of sp³-hybridized carbons (Fsp3) is 0.562. The Morgan fingerprint density at radius 2 is 1.95 bits per heavy atom. The average molecular weight is 278 g/mol. The molecule has 0 aliphatic carbocycles. The number of carboxylic acid groups (broad SMARTS) is 1. The molecule has 2 N–H and O–H groups in total. The van der Waals surface area contributed by atoms with Crippen molar-refractivity contribution in [3.8, 4) is 0 Å². The molecule has 0 saturated heterocycles. The van der Waals surface area contributed by atoms with Crippen molar-refractivity contribution < 1.29 is 9.90 Å². The van der Waals surface area contributed by atoms with Gasteiger partial charge in [0.2, 0.25) is 0 Å². The first-order valence-electron chi connectivity index (χ1n) is 7.08. The van der Waals surface area contributed by atoms with E-state index in [1.807, 2.05) is 6.07 Å². The maximum Gasteiger partial charge on any atom is 0.310 e. The molecule has 0 radical (unpaired) electrons. The molecule has 0 aliphatic rings. The molecule has 0 amide bonds. The van der Waals surface area contributed by atoms with Crippen LogP contribution in [0.3, 0.4) is 0 Å². The number of hydrogen-bond acceptors (Lipinski definition) is 3. The van der Waals surface area contributed by atoms with Crippen molar-refractivity contribution in [2.45, 2.75) is 26.8 Å². The summed E-state index contributed by atoms with van der Waals surface area (Å²) in [6.45, 7) is 6.77. The van der Waals surface area contributed by atoms with Gasteiger partial charge in [0.25, 0.3) is 0 Å². The smallest absolute Gasteiger partial charge is 0.310 e. The van der Waals surface area contributed by atoms with Crippen LogP contribution in [0.25, 0.3) is 0 Å². The first-order chi connectivity index (χ1) is 9.42. The number of carboxylic acids is 1. The molecule has 0 heterocycles. The van der Waals surface area contributed by atoms with E-state index in [1.54, 1.807) is 13.8 Å². The second-order valence-electron chi connectivity index (χ2n) is 5.94. The van der Waals surface area contributed by atoms with Crippen molar-refractivity contribution in [1.82, 2.24) is 10.2 Å². The van der Waals surface area contributed by atoms with E-state index in [2.05, 4.69) is 41.5 Å². The lowest BCUT2D eigenvalue weighted by atomic mass is 9.94. The van der Waals surface area contributed by atoms with Gasteiger partial charge in [0.15, 0.2) is 0 Å². The SMILES string of the molecule is CN(CCCNCC(C)(C)C(=O)O)Cc1ccccc1. The van der Waals surface area contributed by atoms with Crippen LogP contribution in [0.2, 0.25) is 0 Å². The Hall–Kier alpha value is -1.39. The molecular weight excluding hydrogens is 252 g/mol. The normalized spacial score (nSPS) is 11.8. The Morgan fingerprint density at radius 1 is 1.30 bits per heavy atom. The fourth-order valence-electron chi connectivity index (χ4n) is 1.92. The highest BCUT2D eigenvalue weighted by atomic mass is 16.4. The fourth-order valence-corrected chi connectivity index (χ4v) is 1.92. The quantitative estimate of drug-likeness (QED) is 0.680. The number of aliphatic carboxylic acids is 1. The van der Waals surface area contributed by atoms with Crippen molar-refractivity contribution in [3.63, 3.8) is 0 Å². The second kappa shape index (κ2) is 8.02. The number of nitrogens with zero attached hydrogens (tertiary/aromatic N) is 1. The highest BCUT2D eigenvalue weighted by Crippen LogP contribution is 2.12. The topological polar surface area (TPSA) is 52.6 Å². The van der Waals surface area contributed by atoms with Crippen LogP contribution < -0.4 is 5.32 Å². The van der Waals surface area contributed by atoms with Gasteiger partial charge in [-0.15, -0.1) is 0 Å². The molecule has 0 fully saturated rings. The summed E-state index contributed by atoms with van der Waals surface area (Å²) in [6.07, 6.45) is 1.01. The molecule has 0 bridgehead atoms. The lowest BCUT2D eigenvalue weighted by molar-refractivity contribution is -0.146. The van der Waals surface area contributed by atoms with E-state index in [9.17, 15) is 4.79 Å². The van der Waals surface area contributed by atoms with Crippen LogP contribution in [0.4, 0.5) is 0 Å². The third kappa shape index (κ3) is 6.17. The van der Waals surface area contributed by atoms with Gasteiger partial charge in [0.05, 0.1) is 5.41 Å². The zero-order valence-electron chi connectivity index (χ0n) is 12.7. The second-order valence-corrected chi connectivity index (χ2v) is 5.94. The molecule has 0 spiro atoms. The molecule has 20 heavy (non-hydrogen) atoms. The summed E-state index contributed by atoms with van der Waals surface area (Å²) in [5.41, 5.74) is 0.616. The van der Waals surface area contributed by atoms with Crippen LogP contribution in [-0.4, -0.2) is 42.7 Å². The molecule has 0 atom stereocenters. The van der Waals surface area contributed by atoms with E-state index in [1.165, 1.54) is 5.56 Å². The first kappa shape index (κ1) is 16.7. The molecule has 0 aromatic heterocycles. The number of rotatable bonds is 9. The van der Waals surface area contributed by atoms with Gasteiger partial charge in [-0.1, -0.05) is 30.3 Å². The largest absolute Gasteiger partial charge is 0.481 e. The molecule has 112 valence electrons. The summed E-state index contributed by atoms with van der Waals surface area (Å²) in [4.78, 5) is 13.2. The highest BCUT2D eigenvalue weighted by Gasteiger charge is 2.26. The van der Waals surface area contributed by atoms with Gasteiger partial charge in [-0.3, -0.25) is 4.79 Å². The van der Waals surface area contributed by atoms with Crippen molar-refractivity contribution in [3.05, 3.63) is 35.9 Å². The monoisotopic (exact) mass is 278 g/mol. The van der Waals surface area contributed by atoms with E-state index in [0.717, 1.165) is 26.1 Å². The van der Waals surface area contributed by atoms with Crippen LogP contribution in [0.5, 0.6) is 0 Å². The molecule has 4 heteroatoms. The molecule has 0 aliphatic heterocycles. The zero-order chi connectivity index (χ0) is 15.0. The Kier molecular flexibility index (Phi) is 6.68. The Labute approximate surface area is 121 Å². The zero-order valence-corrected chi connectivity index (χ0v) is 12.7. The van der Waals surface area contributed by atoms with Gasteiger partial charge in [-0.05, 0) is 46.0 Å². The number of hydrogen-bond donors (Lipinski definition) is 2. The molecule has 4 nitrogen and oxygen atoms in total. The van der Waals surface area contributed by atoms with Crippen molar-refractivity contribution in [2.75, 3.05) is 26.7 Å². The number of carbonyl (C=O) groups is 1. The minimum atomic E-state index is -0.758. The predicted molar refractivity (Wildman–Crippen MR) is 81.7 cm³/mol. The van der Waals surface area contributed by atoms with Crippen molar-refractivity contribution >= 4 is 5.97 Å². The third-order valence-electron chi connectivity index (χ3n) is 3.33. The minimum absolute atomic E-state index is 0.505. The molecule has 1 aromatic rings. The van der Waals surface area contributed by atoms with E-state index < -0.39 is 11.4 Å². The van der Waals surface area contributed by atoms with Gasteiger partial charge < -0.3 is 15.3 Å². The van der Waals surface area contributed by atoms with Crippen molar-refractivity contribution in [1.29, 1.82) is 0 Å². The Bertz CT molecular complexity index is 404. The Morgan fingerprint density at radius 3 is 2.55 bits per heavy atom. The van der Waals surface area contributed by atoms with Crippen LogP contribution in [0.1, 0.15) is 25.8 Å². The summed E-state index contributed by atoms with van der Waals surface area (Å²) >= 11 is 0. The van der Waals surface area contributed by atoms with Crippen LogP contribution in [-0.2, 0) is 11.3 Å². The molecule has 1 aromatic carbocycles. The lowest BCUT2D eigenvalue weighted by Gasteiger charge is -2.20. The van der Waals surface area contributed by atoms with Crippen LogP contribution in [0, 0.1) is 5.41 Å². The highest BCUT2D eigenvalue weighted by molar-refractivity contribution is 5.73. The Balaban J connectivity index is 2.14. The summed E-state index contributed by atoms with van der Waals surface area (Å²) in [5.74, 6) is -0.758. The maximum atomic E-state index is 10.9. The van der Waals surface area contributed by atoms with E-state index in [0.29, 0.717) is 6.54 Å². The van der Waals surface area contributed by atoms with Gasteiger partial charge in [0.1, 0.15) is 0 Å². The van der Waals surface area contributed by atoms with Gasteiger partial charge in [-0.25, -0.2) is 0 Å². The van der Waals surface area contributed by atoms with Crippen molar-refractivity contribution in [2.24, 2.45) is 5.41 Å². The van der Waals surface area contributed by atoms with Crippen LogP contribution in [0.15, 0.2) is 30.3 Å². The summed E-state index contributed by atoms with van der Waals surface area (Å²) in [6, 6.07) is 10.4. The molecule has 0 unspecified atom stereocenters. The summed E-state index contributed by atoms with van der Waals surface area (Å²) in [5, 5.41) is 12.2. The standard InChI is InChI=1S/C16H26N2O2/c1-16(2,15(19)20)13-17-10-7-11-18(3)12-14-8-5-4-6-9-14/h4-6,8-9,17H,7,10-13H2,1-3H3,(H,19,20). The van der Waals surface area contributed by atoms with E-state index in [-0.39, 0.29) is 0 Å². The molecule has 0 saturated carbocycles. The van der Waals surface area contributed by atoms with Gasteiger partial charge in [0, 0.05) is 13.1 Å². The number of nitrogens with one attached hydrogen (secondary N) is 1. The molecule has 1 rings (SSSR count).